The number of likely N-dealkylation sites (tertiary alicyclic amines) is 1. The van der Waals surface area contributed by atoms with E-state index in [0.29, 0.717) is 44.4 Å². The molecule has 24 heavy (non-hydrogen) atoms. The van der Waals surface area contributed by atoms with E-state index in [0.717, 1.165) is 25.9 Å². The third-order valence-electron chi connectivity index (χ3n) is 4.70. The molecule has 0 spiro atoms. The van der Waals surface area contributed by atoms with Gasteiger partial charge < -0.3 is 23.8 Å². The highest BCUT2D eigenvalue weighted by Crippen LogP contribution is 2.21. The molecule has 0 bridgehead atoms. The van der Waals surface area contributed by atoms with Gasteiger partial charge in [-0.15, -0.1) is 0 Å². The molecule has 1 amide bonds. The van der Waals surface area contributed by atoms with Crippen LogP contribution in [0.5, 0.6) is 0 Å². The lowest BCUT2D eigenvalue weighted by molar-refractivity contribution is -0.144. The molecule has 8 nitrogen and oxygen atoms in total. The number of ether oxygens (including phenoxy) is 2. The summed E-state index contributed by atoms with van der Waals surface area (Å²) in [4.78, 5) is 21.2. The highest BCUT2D eigenvalue weighted by Gasteiger charge is 2.31. The summed E-state index contributed by atoms with van der Waals surface area (Å²) in [5.74, 6) is 1.47. The zero-order valence-corrected chi connectivity index (χ0v) is 14.4. The number of aromatic nitrogens is 2. The predicted molar refractivity (Wildman–Crippen MR) is 85.3 cm³/mol. The van der Waals surface area contributed by atoms with E-state index in [-0.39, 0.29) is 17.9 Å². The fraction of sp³-hybridized carbons (Fsp3) is 0.812. The van der Waals surface area contributed by atoms with Gasteiger partial charge in [-0.05, 0) is 33.0 Å². The van der Waals surface area contributed by atoms with Crippen molar-refractivity contribution in [1.29, 1.82) is 0 Å². The van der Waals surface area contributed by atoms with Crippen molar-refractivity contribution in [2.75, 3.05) is 46.9 Å². The van der Waals surface area contributed by atoms with E-state index in [9.17, 15) is 4.79 Å². The second-order valence-electron chi connectivity index (χ2n) is 6.60. The molecular formula is C16H26N4O4. The van der Waals surface area contributed by atoms with Crippen molar-refractivity contribution >= 4 is 5.91 Å². The maximum Gasteiger partial charge on any atom is 0.229 e. The summed E-state index contributed by atoms with van der Waals surface area (Å²) in [6, 6.07) is 0. The molecule has 1 atom stereocenters. The molecule has 3 rings (SSSR count). The smallest absolute Gasteiger partial charge is 0.229 e. The molecule has 2 aliphatic heterocycles. The van der Waals surface area contributed by atoms with Gasteiger partial charge in [-0.25, -0.2) is 0 Å². The molecule has 2 aliphatic rings. The Bertz CT molecular complexity index is 542. The first-order chi connectivity index (χ1) is 11.7. The molecule has 8 heteroatoms. The van der Waals surface area contributed by atoms with Crippen molar-refractivity contribution < 1.29 is 18.8 Å². The summed E-state index contributed by atoms with van der Waals surface area (Å²) in [5.41, 5.74) is 0. The molecular weight excluding hydrogens is 312 g/mol. The summed E-state index contributed by atoms with van der Waals surface area (Å²) in [6.07, 6.45) is 2.32. The van der Waals surface area contributed by atoms with Crippen molar-refractivity contribution in [2.24, 2.45) is 5.92 Å². The molecule has 1 aromatic rings. The number of carbonyl (C=O) groups excluding carboxylic acids is 1. The van der Waals surface area contributed by atoms with Gasteiger partial charge in [0.05, 0.1) is 19.1 Å². The second kappa shape index (κ2) is 8.04. The van der Waals surface area contributed by atoms with Gasteiger partial charge in [0.2, 0.25) is 11.8 Å². The number of methoxy groups -OCH3 is 1. The third-order valence-corrected chi connectivity index (χ3v) is 4.70. The number of morpholine rings is 1. The normalized spacial score (nSPS) is 23.6. The topological polar surface area (TPSA) is 80.9 Å². The molecule has 3 heterocycles. The van der Waals surface area contributed by atoms with Crippen LogP contribution < -0.4 is 0 Å². The van der Waals surface area contributed by atoms with Gasteiger partial charge in [-0.1, -0.05) is 5.16 Å². The lowest BCUT2D eigenvalue weighted by Crippen LogP contribution is -2.49. The van der Waals surface area contributed by atoms with E-state index in [4.69, 9.17) is 14.0 Å². The Balaban J connectivity index is 1.52. The summed E-state index contributed by atoms with van der Waals surface area (Å²) in [7, 11) is 3.69. The third kappa shape index (κ3) is 4.31. The van der Waals surface area contributed by atoms with Crippen LogP contribution in [0.4, 0.5) is 0 Å². The van der Waals surface area contributed by atoms with Gasteiger partial charge >= 0.3 is 0 Å². The average Bonchev–Trinajstić information content (AvgIpc) is 3.02. The Labute approximate surface area is 142 Å². The van der Waals surface area contributed by atoms with Crippen LogP contribution in [0.3, 0.4) is 0 Å². The largest absolute Gasteiger partial charge is 0.377 e. The van der Waals surface area contributed by atoms with Crippen LogP contribution in [-0.2, 0) is 27.3 Å². The Morgan fingerprint density at radius 2 is 2.12 bits per heavy atom. The van der Waals surface area contributed by atoms with E-state index in [2.05, 4.69) is 22.1 Å². The number of piperidine rings is 1. The maximum atomic E-state index is 12.7. The standard InChI is InChI=1S/C16H26N4O4/c1-19-5-3-12(4-6-19)16(21)20-7-8-23-13(10-20)9-15-17-14(11-22-2)18-24-15/h12-13H,3-11H2,1-2H3/t13-/m0/s1. The fourth-order valence-corrected chi connectivity index (χ4v) is 3.31. The predicted octanol–water partition coefficient (Wildman–Crippen LogP) is 0.328. The molecule has 0 radical (unpaired) electrons. The highest BCUT2D eigenvalue weighted by molar-refractivity contribution is 5.79. The quantitative estimate of drug-likeness (QED) is 0.765. The van der Waals surface area contributed by atoms with Crippen LogP contribution >= 0.6 is 0 Å². The minimum absolute atomic E-state index is 0.0928. The van der Waals surface area contributed by atoms with Crippen molar-refractivity contribution in [2.45, 2.75) is 32.0 Å². The van der Waals surface area contributed by atoms with Crippen LogP contribution in [0.1, 0.15) is 24.6 Å². The second-order valence-corrected chi connectivity index (χ2v) is 6.60. The van der Waals surface area contributed by atoms with Gasteiger partial charge in [0, 0.05) is 26.1 Å². The first-order valence-corrected chi connectivity index (χ1v) is 8.55. The fourth-order valence-electron chi connectivity index (χ4n) is 3.31. The van der Waals surface area contributed by atoms with Gasteiger partial charge in [0.1, 0.15) is 6.61 Å². The molecule has 134 valence electrons. The molecule has 2 saturated heterocycles. The number of hydrogen-bond acceptors (Lipinski definition) is 7. The maximum absolute atomic E-state index is 12.7. The molecule has 1 aromatic heterocycles. The van der Waals surface area contributed by atoms with Gasteiger partial charge in [-0.2, -0.15) is 4.98 Å². The van der Waals surface area contributed by atoms with Crippen molar-refractivity contribution in [3.8, 4) is 0 Å². The van der Waals surface area contributed by atoms with Gasteiger partial charge in [-0.3, -0.25) is 4.79 Å². The number of hydrogen-bond donors (Lipinski definition) is 0. The number of nitrogens with zero attached hydrogens (tertiary/aromatic N) is 4. The van der Waals surface area contributed by atoms with Crippen LogP contribution in [0.25, 0.3) is 0 Å². The number of amides is 1. The first kappa shape index (κ1) is 17.3. The Hall–Kier alpha value is -1.51. The zero-order chi connectivity index (χ0) is 16.9. The van der Waals surface area contributed by atoms with Crippen molar-refractivity contribution in [3.63, 3.8) is 0 Å². The zero-order valence-electron chi connectivity index (χ0n) is 14.4. The summed E-state index contributed by atoms with van der Waals surface area (Å²) < 4.78 is 16.0. The van der Waals surface area contributed by atoms with E-state index in [1.54, 1.807) is 7.11 Å². The average molecular weight is 338 g/mol. The number of rotatable bonds is 5. The first-order valence-electron chi connectivity index (χ1n) is 8.55. The van der Waals surface area contributed by atoms with Crippen LogP contribution in [0.15, 0.2) is 4.52 Å². The summed E-state index contributed by atoms with van der Waals surface area (Å²) in [5, 5.41) is 3.85. The summed E-state index contributed by atoms with van der Waals surface area (Å²) in [6.45, 7) is 4.13. The minimum Gasteiger partial charge on any atom is -0.377 e. The van der Waals surface area contributed by atoms with E-state index < -0.39 is 0 Å². The van der Waals surface area contributed by atoms with E-state index in [1.807, 2.05) is 4.90 Å². The van der Waals surface area contributed by atoms with Crippen LogP contribution in [0, 0.1) is 5.92 Å². The van der Waals surface area contributed by atoms with Crippen LogP contribution in [0.2, 0.25) is 0 Å². The Kier molecular flexibility index (Phi) is 5.80. The molecule has 2 fully saturated rings. The Morgan fingerprint density at radius 3 is 2.88 bits per heavy atom. The van der Waals surface area contributed by atoms with Crippen molar-refractivity contribution in [1.82, 2.24) is 19.9 Å². The van der Waals surface area contributed by atoms with Gasteiger partial charge in [0.25, 0.3) is 0 Å². The molecule has 0 unspecified atom stereocenters. The SMILES string of the molecule is COCc1noc(C[C@H]2CN(C(=O)C3CCN(C)CC3)CCO2)n1. The molecule has 0 aromatic carbocycles. The molecule has 0 saturated carbocycles. The van der Waals surface area contributed by atoms with E-state index in [1.165, 1.54) is 0 Å². The lowest BCUT2D eigenvalue weighted by atomic mass is 9.95. The highest BCUT2D eigenvalue weighted by atomic mass is 16.5. The van der Waals surface area contributed by atoms with E-state index >= 15 is 0 Å². The minimum atomic E-state index is -0.0928. The van der Waals surface area contributed by atoms with Gasteiger partial charge in [0.15, 0.2) is 5.82 Å². The monoisotopic (exact) mass is 338 g/mol. The Morgan fingerprint density at radius 1 is 1.33 bits per heavy atom. The lowest BCUT2D eigenvalue weighted by Gasteiger charge is -2.36. The van der Waals surface area contributed by atoms with Crippen LogP contribution in [-0.4, -0.2) is 78.9 Å². The summed E-state index contributed by atoms with van der Waals surface area (Å²) >= 11 is 0. The van der Waals surface area contributed by atoms with Crippen molar-refractivity contribution in [3.05, 3.63) is 11.7 Å². The molecule has 0 N–H and O–H groups in total. The number of carbonyl (C=O) groups is 1. The molecule has 0 aliphatic carbocycles.